The Kier molecular flexibility index (Phi) is 7.01. The molecule has 0 aliphatic carbocycles. The molecule has 0 atom stereocenters. The highest BCUT2D eigenvalue weighted by molar-refractivity contribution is 5.87. The molecule has 0 N–H and O–H groups in total. The molecule has 3 aromatic carbocycles. The van der Waals surface area contributed by atoms with Gasteiger partial charge in [-0.25, -0.2) is 26.7 Å². The van der Waals surface area contributed by atoms with Gasteiger partial charge in [-0.15, -0.1) is 0 Å². The van der Waals surface area contributed by atoms with E-state index in [1.54, 1.807) is 45.0 Å². The lowest BCUT2D eigenvalue weighted by Gasteiger charge is -2.18. The van der Waals surface area contributed by atoms with Crippen LogP contribution in [0.2, 0.25) is 0 Å². The van der Waals surface area contributed by atoms with Crippen molar-refractivity contribution in [3.05, 3.63) is 94.3 Å². The first kappa shape index (κ1) is 24.2. The predicted molar refractivity (Wildman–Crippen MR) is 118 cm³/mol. The van der Waals surface area contributed by atoms with Gasteiger partial charge in [0.15, 0.2) is 23.3 Å². The van der Waals surface area contributed by atoms with E-state index in [-0.39, 0.29) is 0 Å². The van der Waals surface area contributed by atoms with Crippen LogP contribution >= 0.6 is 0 Å². The van der Waals surface area contributed by atoms with Gasteiger partial charge in [0.2, 0.25) is 0 Å². The second-order valence-corrected chi connectivity index (χ2v) is 8.39. The molecule has 0 saturated heterocycles. The van der Waals surface area contributed by atoms with E-state index in [2.05, 4.69) is 0 Å². The van der Waals surface area contributed by atoms with Crippen molar-refractivity contribution in [3.63, 3.8) is 0 Å². The molecular formula is C26H21F5O2. The van der Waals surface area contributed by atoms with Gasteiger partial charge in [-0.2, -0.15) is 0 Å². The van der Waals surface area contributed by atoms with Crippen LogP contribution in [0.1, 0.15) is 37.5 Å². The topological polar surface area (TPSA) is 26.3 Å². The normalized spacial score (nSPS) is 12.5. The van der Waals surface area contributed by atoms with Crippen LogP contribution in [0.15, 0.2) is 54.4 Å². The van der Waals surface area contributed by atoms with Crippen LogP contribution in [0, 0.1) is 23.3 Å². The minimum absolute atomic E-state index is 0.421. The standard InChI is InChI=1S/C26H21F5O2/c1-26(2,3)33-21(32)11-10-19-22(28)24(30)20(25(31)23(19)29)14-18(27)13-15-8-9-16-6-4-5-7-17(16)12-15/h4-13H,14H2,1-3H3/b11-10+,18-13-. The molecule has 0 fully saturated rings. The zero-order valence-electron chi connectivity index (χ0n) is 18.2. The summed E-state index contributed by atoms with van der Waals surface area (Å²) in [6.07, 6.45) is 1.29. The molecule has 0 unspecified atom stereocenters. The third-order valence-corrected chi connectivity index (χ3v) is 4.62. The molecule has 0 bridgehead atoms. The van der Waals surface area contributed by atoms with Crippen molar-refractivity contribution in [1.29, 1.82) is 0 Å². The Morgan fingerprint density at radius 1 is 0.909 bits per heavy atom. The summed E-state index contributed by atoms with van der Waals surface area (Å²) in [5, 5.41) is 1.75. The highest BCUT2D eigenvalue weighted by Crippen LogP contribution is 2.28. The van der Waals surface area contributed by atoms with E-state index >= 15 is 0 Å². The minimum Gasteiger partial charge on any atom is -0.457 e. The lowest BCUT2D eigenvalue weighted by atomic mass is 10.0. The van der Waals surface area contributed by atoms with Gasteiger partial charge in [-0.05, 0) is 55.3 Å². The molecule has 0 aromatic heterocycles. The van der Waals surface area contributed by atoms with Crippen LogP contribution in [-0.2, 0) is 16.0 Å². The first-order chi connectivity index (χ1) is 15.5. The van der Waals surface area contributed by atoms with Crippen LogP contribution in [0.25, 0.3) is 22.9 Å². The maximum Gasteiger partial charge on any atom is 0.331 e. The fraction of sp³-hybridized carbons (Fsp3) is 0.192. The first-order valence-electron chi connectivity index (χ1n) is 10.1. The minimum atomic E-state index is -1.74. The van der Waals surface area contributed by atoms with E-state index in [0.717, 1.165) is 16.8 Å². The number of rotatable bonds is 5. The Morgan fingerprint density at radius 2 is 1.52 bits per heavy atom. The van der Waals surface area contributed by atoms with Gasteiger partial charge in [0.1, 0.15) is 11.4 Å². The van der Waals surface area contributed by atoms with Crippen molar-refractivity contribution in [2.45, 2.75) is 32.8 Å². The van der Waals surface area contributed by atoms with E-state index in [9.17, 15) is 26.7 Å². The Hall–Kier alpha value is -3.48. The molecule has 7 heteroatoms. The molecular weight excluding hydrogens is 439 g/mol. The van der Waals surface area contributed by atoms with E-state index in [0.29, 0.717) is 17.7 Å². The molecule has 0 saturated carbocycles. The van der Waals surface area contributed by atoms with Crippen LogP contribution in [0.3, 0.4) is 0 Å². The van der Waals surface area contributed by atoms with E-state index in [4.69, 9.17) is 4.74 Å². The maximum absolute atomic E-state index is 14.5. The predicted octanol–water partition coefficient (Wildman–Crippen LogP) is 7.30. The maximum atomic E-state index is 14.5. The molecule has 3 aromatic rings. The Labute approximate surface area is 188 Å². The summed E-state index contributed by atoms with van der Waals surface area (Å²) in [6, 6.07) is 12.4. The summed E-state index contributed by atoms with van der Waals surface area (Å²) in [5.41, 5.74) is -2.63. The number of halogens is 5. The summed E-state index contributed by atoms with van der Waals surface area (Å²) in [6.45, 7) is 4.73. The Morgan fingerprint density at radius 3 is 2.12 bits per heavy atom. The highest BCUT2D eigenvalue weighted by Gasteiger charge is 2.25. The molecule has 0 aliphatic rings. The van der Waals surface area contributed by atoms with Gasteiger partial charge in [-0.3, -0.25) is 0 Å². The number of ether oxygens (including phenoxy) is 1. The lowest BCUT2D eigenvalue weighted by Crippen LogP contribution is -2.22. The highest BCUT2D eigenvalue weighted by atomic mass is 19.2. The molecule has 0 spiro atoms. The quantitative estimate of drug-likeness (QED) is 0.173. The van der Waals surface area contributed by atoms with Gasteiger partial charge in [0.05, 0.1) is 5.56 Å². The van der Waals surface area contributed by atoms with E-state index < -0.39 is 58.2 Å². The van der Waals surface area contributed by atoms with Crippen molar-refractivity contribution in [3.8, 4) is 0 Å². The van der Waals surface area contributed by atoms with Crippen molar-refractivity contribution in [2.75, 3.05) is 0 Å². The third kappa shape index (κ3) is 5.86. The monoisotopic (exact) mass is 460 g/mol. The smallest absolute Gasteiger partial charge is 0.331 e. The summed E-state index contributed by atoms with van der Waals surface area (Å²) >= 11 is 0. The molecule has 0 aliphatic heterocycles. The summed E-state index contributed by atoms with van der Waals surface area (Å²) < 4.78 is 77.3. The largest absolute Gasteiger partial charge is 0.457 e. The van der Waals surface area contributed by atoms with Crippen LogP contribution in [0.4, 0.5) is 22.0 Å². The number of hydrogen-bond donors (Lipinski definition) is 0. The van der Waals surface area contributed by atoms with Gasteiger partial charge >= 0.3 is 5.97 Å². The molecule has 0 heterocycles. The number of carbonyl (C=O) groups is 1. The van der Waals surface area contributed by atoms with Crippen molar-refractivity contribution in [1.82, 2.24) is 0 Å². The lowest BCUT2D eigenvalue weighted by molar-refractivity contribution is -0.148. The number of carbonyl (C=O) groups excluding carboxylic acids is 1. The van der Waals surface area contributed by atoms with Gasteiger partial charge in [0.25, 0.3) is 0 Å². The second-order valence-electron chi connectivity index (χ2n) is 8.39. The van der Waals surface area contributed by atoms with E-state index in [1.807, 2.05) is 18.2 Å². The van der Waals surface area contributed by atoms with Gasteiger partial charge in [0, 0.05) is 18.1 Å². The van der Waals surface area contributed by atoms with E-state index in [1.165, 1.54) is 0 Å². The molecule has 172 valence electrons. The summed E-state index contributed by atoms with van der Waals surface area (Å²) in [7, 11) is 0. The fourth-order valence-electron chi connectivity index (χ4n) is 3.18. The zero-order chi connectivity index (χ0) is 24.3. The van der Waals surface area contributed by atoms with Crippen molar-refractivity contribution in [2.24, 2.45) is 0 Å². The molecule has 0 amide bonds. The Bertz CT molecular complexity index is 1240. The van der Waals surface area contributed by atoms with Gasteiger partial charge in [-0.1, -0.05) is 36.4 Å². The summed E-state index contributed by atoms with van der Waals surface area (Å²) in [4.78, 5) is 11.7. The summed E-state index contributed by atoms with van der Waals surface area (Å²) in [5.74, 6) is -8.88. The number of hydrogen-bond acceptors (Lipinski definition) is 2. The molecule has 33 heavy (non-hydrogen) atoms. The first-order valence-corrected chi connectivity index (χ1v) is 10.1. The van der Waals surface area contributed by atoms with Crippen molar-refractivity contribution >= 4 is 28.9 Å². The number of allylic oxidation sites excluding steroid dienone is 1. The average Bonchev–Trinajstić information content (AvgIpc) is 2.74. The second kappa shape index (κ2) is 9.57. The van der Waals surface area contributed by atoms with Gasteiger partial charge < -0.3 is 4.74 Å². The fourth-order valence-corrected chi connectivity index (χ4v) is 3.18. The SMILES string of the molecule is CC(C)(C)OC(=O)/C=C/c1c(F)c(F)c(C/C(F)=C/c2ccc3ccccc3c2)c(F)c1F. The van der Waals surface area contributed by atoms with Crippen LogP contribution in [0.5, 0.6) is 0 Å². The molecule has 3 rings (SSSR count). The molecule has 2 nitrogen and oxygen atoms in total. The molecule has 0 radical (unpaired) electrons. The average molecular weight is 460 g/mol. The van der Waals surface area contributed by atoms with Crippen LogP contribution < -0.4 is 0 Å². The third-order valence-electron chi connectivity index (χ3n) is 4.62. The number of esters is 1. The number of benzene rings is 3. The van der Waals surface area contributed by atoms with Crippen LogP contribution in [-0.4, -0.2) is 11.6 Å². The number of fused-ring (bicyclic) bond motifs is 1. The zero-order valence-corrected chi connectivity index (χ0v) is 18.2. The Balaban J connectivity index is 1.89. The van der Waals surface area contributed by atoms with Crippen molar-refractivity contribution < 1.29 is 31.5 Å².